The molecular weight excluding hydrogens is 390 g/mol. The Morgan fingerprint density at radius 3 is 2.71 bits per heavy atom. The lowest BCUT2D eigenvalue weighted by atomic mass is 10.0. The summed E-state index contributed by atoms with van der Waals surface area (Å²) in [6.45, 7) is 0.547. The molecule has 0 bridgehead atoms. The zero-order valence-electron chi connectivity index (χ0n) is 16.6. The molecule has 3 heterocycles. The fourth-order valence-corrected chi connectivity index (χ4v) is 3.91. The number of hydrogen-bond donors (Lipinski definition) is 2. The molecule has 0 radical (unpaired) electrons. The van der Waals surface area contributed by atoms with Crippen molar-refractivity contribution in [2.75, 3.05) is 16.8 Å². The Morgan fingerprint density at radius 2 is 1.90 bits per heavy atom. The molecular formula is C24H19N5O2. The zero-order chi connectivity index (χ0) is 21.4. The van der Waals surface area contributed by atoms with Crippen LogP contribution in [0.5, 0.6) is 0 Å². The van der Waals surface area contributed by atoms with E-state index in [1.165, 1.54) is 4.90 Å². The van der Waals surface area contributed by atoms with Crippen molar-refractivity contribution < 1.29 is 9.59 Å². The van der Waals surface area contributed by atoms with Crippen LogP contribution in [0.4, 0.5) is 16.2 Å². The minimum atomic E-state index is -0.497. The maximum atomic E-state index is 13.3. The van der Waals surface area contributed by atoms with Gasteiger partial charge in [-0.05, 0) is 48.4 Å². The van der Waals surface area contributed by atoms with Gasteiger partial charge in [-0.25, -0.2) is 9.78 Å². The highest BCUT2D eigenvalue weighted by Gasteiger charge is 2.23. The number of amides is 3. The number of fused-ring (bicyclic) bond motifs is 2. The van der Waals surface area contributed by atoms with Crippen LogP contribution < -0.4 is 16.0 Å². The van der Waals surface area contributed by atoms with Crippen LogP contribution in [0.25, 0.3) is 22.2 Å². The van der Waals surface area contributed by atoms with Crippen molar-refractivity contribution in [2.24, 2.45) is 5.73 Å². The maximum absolute atomic E-state index is 13.3. The molecule has 152 valence electrons. The number of carbonyl (C=O) groups is 2. The molecule has 31 heavy (non-hydrogen) atoms. The monoisotopic (exact) mass is 409 g/mol. The lowest BCUT2D eigenvalue weighted by Crippen LogP contribution is -2.34. The van der Waals surface area contributed by atoms with Gasteiger partial charge in [0.25, 0.3) is 5.91 Å². The largest absolute Gasteiger partial charge is 0.351 e. The summed E-state index contributed by atoms with van der Waals surface area (Å²) in [7, 11) is 0. The number of hydrogen-bond acceptors (Lipinski definition) is 4. The highest BCUT2D eigenvalue weighted by atomic mass is 16.2. The molecule has 0 unspecified atom stereocenters. The highest BCUT2D eigenvalue weighted by Crippen LogP contribution is 2.31. The first-order chi connectivity index (χ1) is 15.1. The molecule has 7 nitrogen and oxygen atoms in total. The van der Waals surface area contributed by atoms with E-state index in [0.29, 0.717) is 23.5 Å². The summed E-state index contributed by atoms with van der Waals surface area (Å²) >= 11 is 0. The van der Waals surface area contributed by atoms with E-state index >= 15 is 0 Å². The summed E-state index contributed by atoms with van der Waals surface area (Å²) in [5.41, 5.74) is 10.6. The van der Waals surface area contributed by atoms with Crippen LogP contribution in [0.15, 0.2) is 73.1 Å². The molecule has 3 amide bonds. The van der Waals surface area contributed by atoms with Gasteiger partial charge in [0, 0.05) is 35.6 Å². The Hall–Kier alpha value is -4.26. The first-order valence-electron chi connectivity index (χ1n) is 9.91. The molecule has 0 aliphatic carbocycles. The van der Waals surface area contributed by atoms with Gasteiger partial charge in [-0.2, -0.15) is 0 Å². The van der Waals surface area contributed by atoms with Crippen LogP contribution in [-0.4, -0.2) is 28.5 Å². The van der Waals surface area contributed by atoms with Gasteiger partial charge in [-0.3, -0.25) is 14.7 Å². The first-order valence-corrected chi connectivity index (χ1v) is 9.91. The van der Waals surface area contributed by atoms with Crippen LogP contribution in [0.3, 0.4) is 0 Å². The third kappa shape index (κ3) is 3.46. The zero-order valence-corrected chi connectivity index (χ0v) is 16.6. The number of aromatic nitrogens is 2. The smallest absolute Gasteiger partial charge is 0.319 e. The lowest BCUT2D eigenvalue weighted by molar-refractivity contribution is 0.102. The van der Waals surface area contributed by atoms with Crippen molar-refractivity contribution in [3.05, 3.63) is 84.2 Å². The van der Waals surface area contributed by atoms with Gasteiger partial charge in [0.2, 0.25) is 0 Å². The number of anilines is 2. The number of nitrogens with one attached hydrogen (secondary N) is 1. The average molecular weight is 409 g/mol. The maximum Gasteiger partial charge on any atom is 0.319 e. The predicted molar refractivity (Wildman–Crippen MR) is 120 cm³/mol. The number of primary amides is 1. The van der Waals surface area contributed by atoms with Crippen molar-refractivity contribution in [1.82, 2.24) is 9.97 Å². The van der Waals surface area contributed by atoms with Gasteiger partial charge in [0.1, 0.15) is 0 Å². The summed E-state index contributed by atoms with van der Waals surface area (Å²) in [5.74, 6) is -0.257. The Bertz CT molecular complexity index is 1320. The van der Waals surface area contributed by atoms with Gasteiger partial charge < -0.3 is 11.1 Å². The Kier molecular flexibility index (Phi) is 4.55. The predicted octanol–water partition coefficient (Wildman–Crippen LogP) is 3.99. The van der Waals surface area contributed by atoms with Crippen molar-refractivity contribution in [3.63, 3.8) is 0 Å². The van der Waals surface area contributed by atoms with Crippen molar-refractivity contribution >= 4 is 34.2 Å². The van der Waals surface area contributed by atoms with Gasteiger partial charge in [-0.15, -0.1) is 0 Å². The minimum absolute atomic E-state index is 0.257. The van der Waals surface area contributed by atoms with E-state index in [9.17, 15) is 9.59 Å². The third-order valence-corrected chi connectivity index (χ3v) is 5.42. The molecule has 4 aromatic rings. The van der Waals surface area contributed by atoms with Crippen LogP contribution >= 0.6 is 0 Å². The van der Waals surface area contributed by atoms with Crippen LogP contribution in [0, 0.1) is 0 Å². The fraction of sp³-hybridized carbons (Fsp3) is 0.0833. The molecule has 5 rings (SSSR count). The summed E-state index contributed by atoms with van der Waals surface area (Å²) in [6, 6.07) is 18.1. The SMILES string of the molecule is NC(=O)N1CCc2ccc(NC(=O)c3cc(-c4cccnc4)nc4ccccc34)cc21. The van der Waals surface area contributed by atoms with E-state index in [-0.39, 0.29) is 5.91 Å². The van der Waals surface area contributed by atoms with Gasteiger partial charge in [0.05, 0.1) is 22.5 Å². The number of carbonyl (C=O) groups excluding carboxylic acids is 2. The van der Waals surface area contributed by atoms with E-state index in [1.807, 2.05) is 48.5 Å². The lowest BCUT2D eigenvalue weighted by Gasteiger charge is -2.15. The second-order valence-electron chi connectivity index (χ2n) is 7.35. The highest BCUT2D eigenvalue weighted by molar-refractivity contribution is 6.13. The van der Waals surface area contributed by atoms with Crippen molar-refractivity contribution in [2.45, 2.75) is 6.42 Å². The minimum Gasteiger partial charge on any atom is -0.351 e. The Balaban J connectivity index is 1.53. The van der Waals surface area contributed by atoms with E-state index < -0.39 is 6.03 Å². The Morgan fingerprint density at radius 1 is 1.03 bits per heavy atom. The Labute approximate surface area is 178 Å². The quantitative estimate of drug-likeness (QED) is 0.534. The van der Waals surface area contributed by atoms with E-state index in [2.05, 4.69) is 10.3 Å². The normalized spacial score (nSPS) is 12.6. The van der Waals surface area contributed by atoms with Gasteiger partial charge >= 0.3 is 6.03 Å². The van der Waals surface area contributed by atoms with Crippen LogP contribution in [0.2, 0.25) is 0 Å². The molecule has 0 atom stereocenters. The summed E-state index contributed by atoms with van der Waals surface area (Å²) in [5, 5.41) is 3.71. The molecule has 0 fully saturated rings. The number of benzene rings is 2. The fourth-order valence-electron chi connectivity index (χ4n) is 3.91. The average Bonchev–Trinajstić information content (AvgIpc) is 3.22. The second kappa shape index (κ2) is 7.53. The third-order valence-electron chi connectivity index (χ3n) is 5.42. The van der Waals surface area contributed by atoms with Gasteiger partial charge in [-0.1, -0.05) is 24.3 Å². The number of urea groups is 1. The van der Waals surface area contributed by atoms with Crippen LogP contribution in [0.1, 0.15) is 15.9 Å². The number of nitrogens with two attached hydrogens (primary N) is 1. The molecule has 2 aromatic carbocycles. The number of nitrogens with zero attached hydrogens (tertiary/aromatic N) is 3. The summed E-state index contributed by atoms with van der Waals surface area (Å²) < 4.78 is 0. The molecule has 1 aliphatic rings. The molecule has 2 aromatic heterocycles. The molecule has 3 N–H and O–H groups in total. The molecule has 0 saturated heterocycles. The molecule has 1 aliphatic heterocycles. The standard InChI is InChI=1S/C24H19N5O2/c25-24(31)29-11-9-15-7-8-17(12-22(15)29)27-23(30)19-13-21(16-4-3-10-26-14-16)28-20-6-2-1-5-18(19)20/h1-8,10,12-14H,9,11H2,(H2,25,31)(H,27,30). The summed E-state index contributed by atoms with van der Waals surface area (Å²) in [4.78, 5) is 35.3. The second-order valence-corrected chi connectivity index (χ2v) is 7.35. The molecule has 0 saturated carbocycles. The summed E-state index contributed by atoms with van der Waals surface area (Å²) in [6.07, 6.45) is 4.16. The van der Waals surface area contributed by atoms with Gasteiger partial charge in [0.15, 0.2) is 0 Å². The number of para-hydroxylation sites is 1. The van der Waals surface area contributed by atoms with Crippen LogP contribution in [-0.2, 0) is 6.42 Å². The van der Waals surface area contributed by atoms with Crippen molar-refractivity contribution in [3.8, 4) is 11.3 Å². The van der Waals surface area contributed by atoms with E-state index in [4.69, 9.17) is 10.7 Å². The van der Waals surface area contributed by atoms with E-state index in [1.54, 1.807) is 24.5 Å². The molecule has 0 spiro atoms. The first kappa shape index (κ1) is 18.7. The number of rotatable bonds is 3. The van der Waals surface area contributed by atoms with Crippen molar-refractivity contribution in [1.29, 1.82) is 0 Å². The molecule has 7 heteroatoms. The number of pyridine rings is 2. The van der Waals surface area contributed by atoms with E-state index in [0.717, 1.165) is 34.1 Å². The topological polar surface area (TPSA) is 101 Å².